The highest BCUT2D eigenvalue weighted by atomic mass is 16.1. The van der Waals surface area contributed by atoms with Gasteiger partial charge in [-0.1, -0.05) is 6.07 Å². The van der Waals surface area contributed by atoms with Crippen molar-refractivity contribution >= 4 is 33.5 Å². The molecule has 40 heavy (non-hydrogen) atoms. The molecule has 7 rings (SSSR count). The molecule has 0 aliphatic carbocycles. The first-order chi connectivity index (χ1) is 19.7. The predicted molar refractivity (Wildman–Crippen MR) is 152 cm³/mol. The number of fused-ring (bicyclic) bond motifs is 2. The molecule has 0 unspecified atom stereocenters. The molecule has 1 fully saturated rings. The van der Waals surface area contributed by atoms with Crippen molar-refractivity contribution in [3.63, 3.8) is 0 Å². The van der Waals surface area contributed by atoms with Crippen LogP contribution in [0.1, 0.15) is 19.3 Å². The monoisotopic (exact) mass is 530 g/mol. The maximum Gasteiger partial charge on any atom is 0.224 e. The van der Waals surface area contributed by atoms with E-state index in [1.807, 2.05) is 24.3 Å². The minimum Gasteiger partial charge on any atom is -0.335 e. The Morgan fingerprint density at radius 2 is 1.82 bits per heavy atom. The summed E-state index contributed by atoms with van der Waals surface area (Å²) in [6, 6.07) is 7.73. The molecule has 1 aliphatic rings. The lowest BCUT2D eigenvalue weighted by Crippen LogP contribution is -2.30. The summed E-state index contributed by atoms with van der Waals surface area (Å²) in [7, 11) is 0. The van der Waals surface area contributed by atoms with Crippen LogP contribution >= 0.6 is 0 Å². The smallest absolute Gasteiger partial charge is 0.224 e. The van der Waals surface area contributed by atoms with Gasteiger partial charge in [-0.15, -0.1) is 0 Å². The number of imidazole rings is 1. The number of nitrogens with one attached hydrogen (secondary N) is 4. The molecule has 0 aromatic carbocycles. The van der Waals surface area contributed by atoms with E-state index in [1.165, 1.54) is 0 Å². The van der Waals surface area contributed by atoms with E-state index in [2.05, 4.69) is 45.8 Å². The minimum atomic E-state index is 0.0106. The van der Waals surface area contributed by atoms with Crippen molar-refractivity contribution in [1.29, 1.82) is 0 Å². The number of aromatic amines is 2. The fraction of sp³-hybridized carbons (Fsp3) is 0.207. The predicted octanol–water partition coefficient (Wildman–Crippen LogP) is 4.35. The average molecular weight is 531 g/mol. The molecule has 0 radical (unpaired) electrons. The largest absolute Gasteiger partial charge is 0.335 e. The van der Waals surface area contributed by atoms with E-state index in [-0.39, 0.29) is 5.91 Å². The zero-order valence-corrected chi connectivity index (χ0v) is 21.6. The molecule has 7 heterocycles. The van der Waals surface area contributed by atoms with Crippen LogP contribution in [0.4, 0.5) is 5.69 Å². The van der Waals surface area contributed by atoms with Crippen molar-refractivity contribution in [2.24, 2.45) is 5.92 Å². The van der Waals surface area contributed by atoms with Crippen molar-refractivity contribution in [2.45, 2.75) is 19.3 Å². The fourth-order valence-electron chi connectivity index (χ4n) is 5.24. The minimum absolute atomic E-state index is 0.0106. The number of hydrogen-bond acceptors (Lipinski definition) is 8. The van der Waals surface area contributed by atoms with Crippen LogP contribution in [-0.4, -0.2) is 59.1 Å². The molecule has 6 aromatic rings. The molecule has 6 aromatic heterocycles. The van der Waals surface area contributed by atoms with Crippen LogP contribution < -0.4 is 10.6 Å². The Bertz CT molecular complexity index is 1820. The van der Waals surface area contributed by atoms with Gasteiger partial charge in [-0.05, 0) is 50.0 Å². The lowest BCUT2D eigenvalue weighted by atomic mass is 9.94. The van der Waals surface area contributed by atoms with Gasteiger partial charge in [0, 0.05) is 53.3 Å². The lowest BCUT2D eigenvalue weighted by molar-refractivity contribution is -0.117. The molecular formula is C29H26N10O. The topological polar surface area (TPSA) is 150 Å². The first-order valence-corrected chi connectivity index (χ1v) is 13.3. The van der Waals surface area contributed by atoms with Crippen LogP contribution in [-0.2, 0) is 4.79 Å². The first-order valence-electron chi connectivity index (χ1n) is 13.3. The Balaban J connectivity index is 1.19. The van der Waals surface area contributed by atoms with Crippen molar-refractivity contribution in [3.8, 4) is 33.9 Å². The van der Waals surface area contributed by atoms with Gasteiger partial charge in [0.25, 0.3) is 0 Å². The molecule has 1 amide bonds. The Labute approximate surface area is 228 Å². The third-order valence-corrected chi connectivity index (χ3v) is 7.29. The summed E-state index contributed by atoms with van der Waals surface area (Å²) in [5.74, 6) is 1.04. The van der Waals surface area contributed by atoms with Gasteiger partial charge in [0.15, 0.2) is 5.82 Å². The second kappa shape index (κ2) is 10.3. The summed E-state index contributed by atoms with van der Waals surface area (Å²) in [4.78, 5) is 38.5. The summed E-state index contributed by atoms with van der Waals surface area (Å²) < 4.78 is 0. The summed E-state index contributed by atoms with van der Waals surface area (Å²) in [6.45, 7) is 1.94. The van der Waals surface area contributed by atoms with E-state index in [9.17, 15) is 4.79 Å². The van der Waals surface area contributed by atoms with Gasteiger partial charge < -0.3 is 15.6 Å². The van der Waals surface area contributed by atoms with Crippen molar-refractivity contribution in [2.75, 3.05) is 18.4 Å². The van der Waals surface area contributed by atoms with Gasteiger partial charge >= 0.3 is 0 Å². The van der Waals surface area contributed by atoms with Crippen LogP contribution in [0.25, 0.3) is 55.8 Å². The van der Waals surface area contributed by atoms with Crippen molar-refractivity contribution < 1.29 is 4.79 Å². The molecular weight excluding hydrogens is 504 g/mol. The first kappa shape index (κ1) is 24.0. The summed E-state index contributed by atoms with van der Waals surface area (Å²) in [6.07, 6.45) is 14.8. The third kappa shape index (κ3) is 4.67. The normalized spacial score (nSPS) is 14.1. The van der Waals surface area contributed by atoms with Crippen LogP contribution in [0.15, 0.2) is 67.6 Å². The molecule has 0 bridgehead atoms. The number of carbonyl (C=O) groups excluding carboxylic acids is 1. The van der Waals surface area contributed by atoms with E-state index in [4.69, 9.17) is 4.98 Å². The van der Waals surface area contributed by atoms with Gasteiger partial charge in [-0.25, -0.2) is 4.98 Å². The highest BCUT2D eigenvalue weighted by Crippen LogP contribution is 2.32. The highest BCUT2D eigenvalue weighted by molar-refractivity contribution is 5.97. The summed E-state index contributed by atoms with van der Waals surface area (Å²) in [5.41, 5.74) is 7.04. The Hall–Kier alpha value is -5.03. The van der Waals surface area contributed by atoms with E-state index >= 15 is 0 Å². The number of aromatic nitrogens is 8. The number of amides is 1. The third-order valence-electron chi connectivity index (χ3n) is 7.29. The number of hydrogen-bond donors (Lipinski definition) is 4. The zero-order valence-electron chi connectivity index (χ0n) is 21.6. The maximum atomic E-state index is 12.7. The Morgan fingerprint density at radius 1 is 0.950 bits per heavy atom. The van der Waals surface area contributed by atoms with E-state index in [0.29, 0.717) is 35.2 Å². The second-order valence-electron chi connectivity index (χ2n) is 10.0. The zero-order chi connectivity index (χ0) is 26.9. The molecule has 11 heteroatoms. The van der Waals surface area contributed by atoms with Crippen molar-refractivity contribution in [3.05, 3.63) is 67.6 Å². The summed E-state index contributed by atoms with van der Waals surface area (Å²) in [5, 5.41) is 14.8. The van der Waals surface area contributed by atoms with E-state index in [0.717, 1.165) is 64.6 Å². The number of rotatable bonds is 6. The highest BCUT2D eigenvalue weighted by Gasteiger charge is 2.18. The van der Waals surface area contributed by atoms with Gasteiger partial charge in [0.05, 0.1) is 41.0 Å². The molecule has 0 atom stereocenters. The maximum absolute atomic E-state index is 12.7. The van der Waals surface area contributed by atoms with E-state index in [1.54, 1.807) is 43.4 Å². The number of carbonyl (C=O) groups is 1. The fourth-order valence-corrected chi connectivity index (χ4v) is 5.24. The van der Waals surface area contributed by atoms with E-state index < -0.39 is 0 Å². The van der Waals surface area contributed by atoms with Crippen molar-refractivity contribution in [1.82, 2.24) is 45.4 Å². The SMILES string of the molecule is O=C(CC1CCNCC1)Nc1cncc(-c2cc3c(-c4nc5c(-c6cccnc6)cncc5[nH]4)n[nH]c3cn2)c1. The number of nitrogens with zero attached hydrogens (tertiary/aromatic N) is 6. The number of H-pyrrole nitrogens is 2. The van der Waals surface area contributed by atoms with Gasteiger partial charge in [-0.3, -0.25) is 29.8 Å². The van der Waals surface area contributed by atoms with Crippen LogP contribution in [0.2, 0.25) is 0 Å². The quantitative estimate of drug-likeness (QED) is 0.248. The molecule has 11 nitrogen and oxygen atoms in total. The van der Waals surface area contributed by atoms with Crippen LogP contribution in [0.5, 0.6) is 0 Å². The molecule has 4 N–H and O–H groups in total. The summed E-state index contributed by atoms with van der Waals surface area (Å²) >= 11 is 0. The Kier molecular flexibility index (Phi) is 6.17. The molecule has 0 spiro atoms. The average Bonchev–Trinajstić information content (AvgIpc) is 3.62. The Morgan fingerprint density at radius 3 is 2.70 bits per heavy atom. The van der Waals surface area contributed by atoms with Crippen LogP contribution in [0.3, 0.4) is 0 Å². The number of pyridine rings is 4. The molecule has 1 aliphatic heterocycles. The van der Waals surface area contributed by atoms with Gasteiger partial charge in [0.1, 0.15) is 11.2 Å². The molecule has 0 saturated carbocycles. The van der Waals surface area contributed by atoms with Crippen LogP contribution in [0, 0.1) is 5.92 Å². The standard InChI is InChI=1S/C29H26N10O/c40-26(8-17-3-6-30-7-4-17)35-20-9-19(12-32-13-20)23-10-21-24(16-34-23)38-39-28(21)29-36-25-15-33-14-22(27(25)37-29)18-2-1-5-31-11-18/h1-2,5,9-17,30H,3-4,6-8H2,(H,35,40)(H,36,37)(H,38,39). The van der Waals surface area contributed by atoms with Gasteiger partial charge in [0.2, 0.25) is 5.91 Å². The molecule has 198 valence electrons. The second-order valence-corrected chi connectivity index (χ2v) is 10.0. The van der Waals surface area contributed by atoms with Gasteiger partial charge in [-0.2, -0.15) is 5.10 Å². The number of anilines is 1. The lowest BCUT2D eigenvalue weighted by Gasteiger charge is -2.21. The number of piperidine rings is 1. The molecule has 1 saturated heterocycles.